The van der Waals surface area contributed by atoms with Gasteiger partial charge in [0, 0.05) is 19.4 Å². The fourth-order valence-electron chi connectivity index (χ4n) is 4.40. The first-order valence-electron chi connectivity index (χ1n) is 11.1. The van der Waals surface area contributed by atoms with Crippen molar-refractivity contribution in [2.24, 2.45) is 0 Å². The highest BCUT2D eigenvalue weighted by Crippen LogP contribution is 2.38. The van der Waals surface area contributed by atoms with Crippen LogP contribution >= 0.6 is 11.6 Å². The van der Waals surface area contributed by atoms with Crippen LogP contribution in [0.25, 0.3) is 0 Å². The summed E-state index contributed by atoms with van der Waals surface area (Å²) in [5, 5.41) is 9.32. The highest BCUT2D eigenvalue weighted by atomic mass is 35.5. The number of aliphatic carboxylic acids is 1. The highest BCUT2D eigenvalue weighted by molar-refractivity contribution is 6.30. The van der Waals surface area contributed by atoms with E-state index in [2.05, 4.69) is 0 Å². The molecular formula is C27H24ClF2NO4. The van der Waals surface area contributed by atoms with E-state index in [1.165, 1.54) is 35.2 Å². The molecule has 1 amide bonds. The summed E-state index contributed by atoms with van der Waals surface area (Å²) in [6.45, 7) is 1.45. The Labute approximate surface area is 206 Å². The van der Waals surface area contributed by atoms with Crippen LogP contribution in [-0.4, -0.2) is 34.0 Å². The number of carbonyl (C=O) groups is 2. The molecule has 0 saturated heterocycles. The summed E-state index contributed by atoms with van der Waals surface area (Å²) in [6, 6.07) is 15.9. The van der Waals surface area contributed by atoms with E-state index in [9.17, 15) is 23.5 Å². The molecule has 0 aromatic heterocycles. The largest absolute Gasteiger partial charge is 0.487 e. The van der Waals surface area contributed by atoms with Crippen LogP contribution in [0.15, 0.2) is 60.7 Å². The monoisotopic (exact) mass is 499 g/mol. The molecule has 3 aromatic rings. The Morgan fingerprint density at radius 2 is 1.83 bits per heavy atom. The van der Waals surface area contributed by atoms with E-state index in [1.54, 1.807) is 24.3 Å². The molecule has 0 bridgehead atoms. The van der Waals surface area contributed by atoms with Crippen molar-refractivity contribution < 1.29 is 28.2 Å². The first-order chi connectivity index (χ1) is 16.6. The Morgan fingerprint density at radius 3 is 2.54 bits per heavy atom. The van der Waals surface area contributed by atoms with E-state index in [4.69, 9.17) is 16.3 Å². The second-order valence-electron chi connectivity index (χ2n) is 9.05. The second kappa shape index (κ2) is 10.0. The summed E-state index contributed by atoms with van der Waals surface area (Å²) < 4.78 is 33.5. The van der Waals surface area contributed by atoms with Gasteiger partial charge in [-0.2, -0.15) is 0 Å². The summed E-state index contributed by atoms with van der Waals surface area (Å²) >= 11 is 5.78. The molecule has 0 fully saturated rings. The molecule has 1 heterocycles. The molecule has 1 aliphatic rings. The number of nitrogens with zero attached hydrogens (tertiary/aromatic N) is 1. The maximum Gasteiger partial charge on any atom is 0.323 e. The number of ether oxygens (including phenoxy) is 1. The van der Waals surface area contributed by atoms with Gasteiger partial charge < -0.3 is 14.7 Å². The van der Waals surface area contributed by atoms with Crippen molar-refractivity contribution in [2.45, 2.75) is 38.3 Å². The number of carboxylic acids is 1. The normalized spacial score (nSPS) is 16.5. The highest BCUT2D eigenvalue weighted by Gasteiger charge is 2.35. The number of fused-ring (bicyclic) bond motifs is 1. The van der Waals surface area contributed by atoms with E-state index in [-0.39, 0.29) is 23.9 Å². The minimum atomic E-state index is -1.15. The average Bonchev–Trinajstić information content (AvgIpc) is 3.10. The van der Waals surface area contributed by atoms with Crippen molar-refractivity contribution in [3.63, 3.8) is 0 Å². The van der Waals surface area contributed by atoms with E-state index < -0.39 is 29.7 Å². The SMILES string of the molecule is CC1(Cc2ccc(Cl)c(F)c2)Cc2cc(CC(=O)N(CC(=O)O)Cc3cccc(F)c3)ccc2O1. The molecule has 4 rings (SSSR count). The van der Waals surface area contributed by atoms with Gasteiger partial charge in [0.15, 0.2) is 0 Å². The third-order valence-corrected chi connectivity index (χ3v) is 6.21. The summed E-state index contributed by atoms with van der Waals surface area (Å²) in [5.74, 6) is -1.76. The van der Waals surface area contributed by atoms with Gasteiger partial charge in [-0.25, -0.2) is 8.78 Å². The molecule has 1 atom stereocenters. The lowest BCUT2D eigenvalue weighted by Crippen LogP contribution is -2.36. The molecule has 1 N–H and O–H groups in total. The smallest absolute Gasteiger partial charge is 0.323 e. The fourth-order valence-corrected chi connectivity index (χ4v) is 4.52. The van der Waals surface area contributed by atoms with Gasteiger partial charge in [0.05, 0.1) is 11.4 Å². The quantitative estimate of drug-likeness (QED) is 0.462. The molecule has 1 aliphatic heterocycles. The van der Waals surface area contributed by atoms with Gasteiger partial charge >= 0.3 is 5.97 Å². The maximum absolute atomic E-state index is 13.9. The molecule has 0 spiro atoms. The van der Waals surface area contributed by atoms with E-state index in [1.807, 2.05) is 13.0 Å². The van der Waals surface area contributed by atoms with Crippen molar-refractivity contribution in [2.75, 3.05) is 6.54 Å². The Bertz CT molecular complexity index is 1280. The predicted octanol–water partition coefficient (Wildman–Crippen LogP) is 5.21. The third-order valence-electron chi connectivity index (χ3n) is 5.90. The van der Waals surface area contributed by atoms with Gasteiger partial charge in [0.25, 0.3) is 0 Å². The molecule has 182 valence electrons. The van der Waals surface area contributed by atoms with Crippen molar-refractivity contribution in [3.05, 3.63) is 99.6 Å². The summed E-state index contributed by atoms with van der Waals surface area (Å²) in [7, 11) is 0. The minimum absolute atomic E-state index is 0.00497. The third kappa shape index (κ3) is 6.17. The molecule has 0 aliphatic carbocycles. The van der Waals surface area contributed by atoms with Crippen LogP contribution in [0.5, 0.6) is 5.75 Å². The maximum atomic E-state index is 13.9. The van der Waals surface area contributed by atoms with Crippen LogP contribution in [-0.2, 0) is 35.4 Å². The number of rotatable bonds is 8. The predicted molar refractivity (Wildman–Crippen MR) is 127 cm³/mol. The van der Waals surface area contributed by atoms with E-state index in [0.717, 1.165) is 11.1 Å². The van der Waals surface area contributed by atoms with E-state index in [0.29, 0.717) is 29.7 Å². The Balaban J connectivity index is 1.46. The van der Waals surface area contributed by atoms with Gasteiger partial charge in [0.2, 0.25) is 5.91 Å². The lowest BCUT2D eigenvalue weighted by atomic mass is 9.91. The standard InChI is InChI=1S/C27H24ClF2NO4/c1-27(13-18-5-7-22(28)23(30)11-18)14-20-9-17(6-8-24(20)35-27)12-25(32)31(16-26(33)34)15-19-3-2-4-21(29)10-19/h2-11H,12-16H2,1H3,(H,33,34). The molecule has 0 saturated carbocycles. The lowest BCUT2D eigenvalue weighted by Gasteiger charge is -2.24. The van der Waals surface area contributed by atoms with Gasteiger partial charge in [-0.1, -0.05) is 41.9 Å². The molecule has 8 heteroatoms. The van der Waals surface area contributed by atoms with Crippen molar-refractivity contribution >= 4 is 23.5 Å². The van der Waals surface area contributed by atoms with Gasteiger partial charge in [-0.05, 0) is 59.5 Å². The minimum Gasteiger partial charge on any atom is -0.487 e. The van der Waals surface area contributed by atoms with Crippen LogP contribution in [0.2, 0.25) is 5.02 Å². The van der Waals surface area contributed by atoms with Crippen molar-refractivity contribution in [3.8, 4) is 5.75 Å². The van der Waals surface area contributed by atoms with Gasteiger partial charge in [-0.3, -0.25) is 9.59 Å². The first kappa shape index (κ1) is 24.7. The molecule has 0 radical (unpaired) electrons. The van der Waals surface area contributed by atoms with Crippen LogP contribution in [0, 0.1) is 11.6 Å². The number of carboxylic acid groups (broad SMARTS) is 1. The number of halogens is 3. The van der Waals surface area contributed by atoms with Gasteiger partial charge in [0.1, 0.15) is 29.5 Å². The molecule has 5 nitrogen and oxygen atoms in total. The lowest BCUT2D eigenvalue weighted by molar-refractivity contribution is -0.144. The number of benzene rings is 3. The van der Waals surface area contributed by atoms with Crippen molar-refractivity contribution in [1.82, 2.24) is 4.90 Å². The zero-order valence-corrected chi connectivity index (χ0v) is 19.8. The van der Waals surface area contributed by atoms with Crippen LogP contribution < -0.4 is 4.74 Å². The second-order valence-corrected chi connectivity index (χ2v) is 9.45. The Morgan fingerprint density at radius 1 is 1.06 bits per heavy atom. The van der Waals surface area contributed by atoms with E-state index >= 15 is 0 Å². The topological polar surface area (TPSA) is 66.8 Å². The molecule has 1 unspecified atom stereocenters. The summed E-state index contributed by atoms with van der Waals surface area (Å²) in [4.78, 5) is 25.5. The average molecular weight is 500 g/mol. The van der Waals surface area contributed by atoms with Crippen molar-refractivity contribution in [1.29, 1.82) is 0 Å². The summed E-state index contributed by atoms with van der Waals surface area (Å²) in [6.07, 6.45) is 1.04. The van der Waals surface area contributed by atoms with Crippen LogP contribution in [0.4, 0.5) is 8.78 Å². The number of amides is 1. The number of hydrogen-bond acceptors (Lipinski definition) is 3. The zero-order chi connectivity index (χ0) is 25.2. The fraction of sp³-hybridized carbons (Fsp3) is 0.259. The van der Waals surface area contributed by atoms with Gasteiger partial charge in [-0.15, -0.1) is 0 Å². The summed E-state index contributed by atoms with van der Waals surface area (Å²) in [5.41, 5.74) is 2.32. The molecular weight excluding hydrogens is 476 g/mol. The number of hydrogen-bond donors (Lipinski definition) is 1. The first-order valence-corrected chi connectivity index (χ1v) is 11.5. The van der Waals surface area contributed by atoms with Crippen LogP contribution in [0.1, 0.15) is 29.2 Å². The number of carbonyl (C=O) groups excluding carboxylic acids is 1. The molecule has 35 heavy (non-hydrogen) atoms. The van der Waals surface area contributed by atoms with Crippen LogP contribution in [0.3, 0.4) is 0 Å². The molecule has 3 aromatic carbocycles. The Hall–Kier alpha value is -3.45. The zero-order valence-electron chi connectivity index (χ0n) is 19.1. The Kier molecular flexibility index (Phi) is 7.08.